The molecule has 3 rings (SSSR count). The second-order valence-electron chi connectivity index (χ2n) is 8.45. The van der Waals surface area contributed by atoms with Crippen molar-refractivity contribution in [2.45, 2.75) is 37.9 Å². The smallest absolute Gasteiger partial charge is 0.334 e. The highest BCUT2D eigenvalue weighted by Gasteiger charge is 2.37. The van der Waals surface area contributed by atoms with Gasteiger partial charge in [-0.3, -0.25) is 4.79 Å². The summed E-state index contributed by atoms with van der Waals surface area (Å²) in [5.74, 6) is -0.403. The van der Waals surface area contributed by atoms with Crippen LogP contribution in [0.3, 0.4) is 0 Å². The number of sulfonamides is 1. The van der Waals surface area contributed by atoms with Crippen molar-refractivity contribution in [2.75, 3.05) is 52.9 Å². The molecule has 2 aliphatic rings. The van der Waals surface area contributed by atoms with Crippen LogP contribution in [0, 0.1) is 6.92 Å². The molecular formula is C21H32N4O5S. The zero-order chi connectivity index (χ0) is 22.8. The van der Waals surface area contributed by atoms with Crippen LogP contribution in [-0.4, -0.2) is 104 Å². The fourth-order valence-corrected chi connectivity index (χ4v) is 5.19. The largest absolute Gasteiger partial charge is 0.372 e. The van der Waals surface area contributed by atoms with E-state index in [1.54, 1.807) is 17.0 Å². The van der Waals surface area contributed by atoms with Gasteiger partial charge < -0.3 is 19.4 Å². The molecule has 0 aliphatic carbocycles. The van der Waals surface area contributed by atoms with Crippen LogP contribution >= 0.6 is 0 Å². The van der Waals surface area contributed by atoms with Crippen molar-refractivity contribution in [3.63, 3.8) is 0 Å². The standard InChI is InChI=1S/C21H32N4O5S/c1-16-5-7-19(8-6-16)31(28,29)25(21(27)23-11-9-22(4)10-12-23)15-20(26)24-13-17(2)30-18(3)14-24/h5-8,17-18H,9-15H2,1-4H3/t17-,18-/m1/s1. The Labute approximate surface area is 184 Å². The van der Waals surface area contributed by atoms with Crippen LogP contribution in [0.2, 0.25) is 0 Å². The average Bonchev–Trinajstić information content (AvgIpc) is 2.71. The predicted molar refractivity (Wildman–Crippen MR) is 116 cm³/mol. The van der Waals surface area contributed by atoms with Crippen molar-refractivity contribution < 1.29 is 22.7 Å². The van der Waals surface area contributed by atoms with Crippen molar-refractivity contribution in [3.8, 4) is 0 Å². The molecule has 3 amide bonds. The van der Waals surface area contributed by atoms with Crippen LogP contribution in [0.25, 0.3) is 0 Å². The van der Waals surface area contributed by atoms with E-state index < -0.39 is 28.5 Å². The summed E-state index contributed by atoms with van der Waals surface area (Å²) in [5.41, 5.74) is 0.906. The molecule has 0 spiro atoms. The van der Waals surface area contributed by atoms with Gasteiger partial charge in [0.2, 0.25) is 5.91 Å². The van der Waals surface area contributed by atoms with Crippen LogP contribution in [0.1, 0.15) is 19.4 Å². The SMILES string of the molecule is Cc1ccc(S(=O)(=O)N(CC(=O)N2C[C@@H](C)O[C@H](C)C2)C(=O)N2CCN(C)CC2)cc1. The van der Waals surface area contributed by atoms with Crippen molar-refractivity contribution in [1.29, 1.82) is 0 Å². The zero-order valence-electron chi connectivity index (χ0n) is 18.7. The molecule has 1 aromatic rings. The van der Waals surface area contributed by atoms with Crippen molar-refractivity contribution in [3.05, 3.63) is 29.8 Å². The van der Waals surface area contributed by atoms with E-state index in [4.69, 9.17) is 4.74 Å². The summed E-state index contributed by atoms with van der Waals surface area (Å²) in [7, 11) is -2.24. The quantitative estimate of drug-likeness (QED) is 0.677. The van der Waals surface area contributed by atoms with Gasteiger partial charge in [-0.25, -0.2) is 17.5 Å². The molecule has 1 aromatic carbocycles. The number of piperazine rings is 1. The van der Waals surface area contributed by atoms with Gasteiger partial charge in [0.05, 0.1) is 17.1 Å². The zero-order valence-corrected chi connectivity index (χ0v) is 19.5. The predicted octanol–water partition coefficient (Wildman–Crippen LogP) is 0.989. The summed E-state index contributed by atoms with van der Waals surface area (Å²) in [6, 6.07) is 5.64. The third-order valence-electron chi connectivity index (χ3n) is 5.65. The van der Waals surface area contributed by atoms with E-state index in [0.29, 0.717) is 39.3 Å². The number of likely N-dealkylation sites (N-methyl/N-ethyl adjacent to an activating group) is 1. The average molecular weight is 453 g/mol. The third kappa shape index (κ3) is 5.55. The Morgan fingerprint density at radius 2 is 1.55 bits per heavy atom. The molecular weight excluding hydrogens is 420 g/mol. The number of aryl methyl sites for hydroxylation is 1. The lowest BCUT2D eigenvalue weighted by molar-refractivity contribution is -0.143. The molecule has 0 unspecified atom stereocenters. The first-order chi connectivity index (χ1) is 14.6. The fraction of sp³-hybridized carbons (Fsp3) is 0.619. The summed E-state index contributed by atoms with van der Waals surface area (Å²) in [5, 5.41) is 0. The maximum absolute atomic E-state index is 13.4. The second kappa shape index (κ2) is 9.54. The Morgan fingerprint density at radius 3 is 2.10 bits per heavy atom. The molecule has 0 saturated carbocycles. The number of urea groups is 1. The molecule has 172 valence electrons. The van der Waals surface area contributed by atoms with Gasteiger partial charge >= 0.3 is 6.03 Å². The molecule has 2 fully saturated rings. The first-order valence-corrected chi connectivity index (χ1v) is 12.0. The van der Waals surface area contributed by atoms with Gasteiger partial charge in [0, 0.05) is 39.3 Å². The Morgan fingerprint density at radius 1 is 1.00 bits per heavy atom. The van der Waals surface area contributed by atoms with Gasteiger partial charge in [-0.1, -0.05) is 17.7 Å². The molecule has 9 nitrogen and oxygen atoms in total. The van der Waals surface area contributed by atoms with E-state index in [2.05, 4.69) is 4.90 Å². The van der Waals surface area contributed by atoms with E-state index in [0.717, 1.165) is 9.87 Å². The lowest BCUT2D eigenvalue weighted by atomic mass is 10.2. The van der Waals surface area contributed by atoms with E-state index in [1.807, 2.05) is 27.8 Å². The number of ether oxygens (including phenoxy) is 1. The Bertz CT molecular complexity index is 887. The first kappa shape index (κ1) is 23.5. The maximum atomic E-state index is 13.4. The van der Waals surface area contributed by atoms with Crippen LogP contribution in [-0.2, 0) is 19.6 Å². The minimum absolute atomic E-state index is 0.00269. The van der Waals surface area contributed by atoms with E-state index >= 15 is 0 Å². The van der Waals surface area contributed by atoms with Gasteiger partial charge in [-0.15, -0.1) is 0 Å². The highest BCUT2D eigenvalue weighted by molar-refractivity contribution is 7.89. The molecule has 2 aliphatic heterocycles. The molecule has 31 heavy (non-hydrogen) atoms. The third-order valence-corrected chi connectivity index (χ3v) is 7.38. The van der Waals surface area contributed by atoms with Gasteiger partial charge in [-0.2, -0.15) is 0 Å². The summed E-state index contributed by atoms with van der Waals surface area (Å²) < 4.78 is 33.2. The van der Waals surface area contributed by atoms with Gasteiger partial charge in [0.25, 0.3) is 10.0 Å². The van der Waals surface area contributed by atoms with Crippen LogP contribution < -0.4 is 0 Å². The molecule has 2 heterocycles. The minimum atomic E-state index is -4.19. The number of hydrogen-bond donors (Lipinski definition) is 0. The highest BCUT2D eigenvalue weighted by Crippen LogP contribution is 2.20. The number of carbonyl (C=O) groups excluding carboxylic acids is 2. The van der Waals surface area contributed by atoms with E-state index in [-0.39, 0.29) is 17.1 Å². The maximum Gasteiger partial charge on any atom is 0.334 e. The Kier molecular flexibility index (Phi) is 7.23. The fourth-order valence-electron chi connectivity index (χ4n) is 3.85. The Hall–Kier alpha value is -2.17. The number of carbonyl (C=O) groups is 2. The van der Waals surface area contributed by atoms with Gasteiger partial charge in [0.15, 0.2) is 0 Å². The lowest BCUT2D eigenvalue weighted by Crippen LogP contribution is -2.56. The number of rotatable bonds is 4. The summed E-state index contributed by atoms with van der Waals surface area (Å²) in [6.45, 7) is 7.92. The summed E-state index contributed by atoms with van der Waals surface area (Å²) in [6.07, 6.45) is -0.300. The monoisotopic (exact) mass is 452 g/mol. The van der Waals surface area contributed by atoms with Crippen molar-refractivity contribution in [2.24, 2.45) is 0 Å². The molecule has 0 N–H and O–H groups in total. The van der Waals surface area contributed by atoms with Crippen LogP contribution in [0.5, 0.6) is 0 Å². The van der Waals surface area contributed by atoms with Crippen LogP contribution in [0.4, 0.5) is 4.79 Å². The minimum Gasteiger partial charge on any atom is -0.372 e. The highest BCUT2D eigenvalue weighted by atomic mass is 32.2. The second-order valence-corrected chi connectivity index (χ2v) is 10.3. The normalized spacial score (nSPS) is 23.0. The topological polar surface area (TPSA) is 90.5 Å². The molecule has 0 bridgehead atoms. The number of amides is 3. The van der Waals surface area contributed by atoms with Crippen LogP contribution in [0.15, 0.2) is 29.2 Å². The summed E-state index contributed by atoms with van der Waals surface area (Å²) in [4.78, 5) is 31.5. The molecule has 2 saturated heterocycles. The van der Waals surface area contributed by atoms with E-state index in [9.17, 15) is 18.0 Å². The lowest BCUT2D eigenvalue weighted by Gasteiger charge is -2.38. The molecule has 0 radical (unpaired) electrons. The van der Waals surface area contributed by atoms with E-state index in [1.165, 1.54) is 17.0 Å². The number of hydrogen-bond acceptors (Lipinski definition) is 6. The number of benzene rings is 1. The summed E-state index contributed by atoms with van der Waals surface area (Å²) >= 11 is 0. The first-order valence-electron chi connectivity index (χ1n) is 10.6. The van der Waals surface area contributed by atoms with Gasteiger partial charge in [0.1, 0.15) is 6.54 Å². The van der Waals surface area contributed by atoms with Crippen molar-refractivity contribution in [1.82, 2.24) is 19.0 Å². The number of nitrogens with zero attached hydrogens (tertiary/aromatic N) is 4. The van der Waals surface area contributed by atoms with Crippen molar-refractivity contribution >= 4 is 22.0 Å². The number of morpholine rings is 1. The van der Waals surface area contributed by atoms with Gasteiger partial charge in [-0.05, 0) is 40.0 Å². The molecule has 0 aromatic heterocycles. The molecule has 2 atom stereocenters. The molecule has 10 heteroatoms. The Balaban J connectivity index is 1.87.